The number of amides is 1. The maximum Gasteiger partial charge on any atom is 0.498 e. The lowest BCUT2D eigenvalue weighted by Gasteiger charge is -2.32. The fourth-order valence-corrected chi connectivity index (χ4v) is 2.98. The van der Waals surface area contributed by atoms with Gasteiger partial charge in [0.05, 0.1) is 16.9 Å². The van der Waals surface area contributed by atoms with Crippen molar-refractivity contribution in [1.29, 1.82) is 0 Å². The third-order valence-electron chi connectivity index (χ3n) is 5.51. The van der Waals surface area contributed by atoms with Crippen LogP contribution in [0.25, 0.3) is 0 Å². The number of hydrogen-bond acceptors (Lipinski definition) is 6. The fourth-order valence-electron chi connectivity index (χ4n) is 2.98. The first kappa shape index (κ1) is 22.8. The highest BCUT2D eigenvalue weighted by atomic mass is 16.7. The molecule has 3 rings (SSSR count). The zero-order valence-corrected chi connectivity index (χ0v) is 18.6. The van der Waals surface area contributed by atoms with E-state index in [2.05, 4.69) is 5.32 Å². The zero-order chi connectivity index (χ0) is 22.6. The molecule has 1 amide bonds. The van der Waals surface area contributed by atoms with Crippen LogP contribution in [0.1, 0.15) is 46.6 Å². The number of hydrogen-bond donors (Lipinski definition) is 1. The second kappa shape index (κ2) is 9.12. The van der Waals surface area contributed by atoms with Gasteiger partial charge in [-0.3, -0.25) is 10.1 Å². The molecule has 1 saturated heterocycles. The molecule has 2 aromatic carbocycles. The first-order valence-corrected chi connectivity index (χ1v) is 10.3. The van der Waals surface area contributed by atoms with Crippen molar-refractivity contribution in [3.05, 3.63) is 54.1 Å². The van der Waals surface area contributed by atoms with Crippen molar-refractivity contribution in [2.45, 2.75) is 58.8 Å². The molecule has 8 heteroatoms. The van der Waals surface area contributed by atoms with Crippen LogP contribution in [0.4, 0.5) is 10.5 Å². The molecule has 0 aromatic heterocycles. The summed E-state index contributed by atoms with van der Waals surface area (Å²) in [5.41, 5.74) is 0.540. The number of benzene rings is 2. The van der Waals surface area contributed by atoms with Gasteiger partial charge in [-0.1, -0.05) is 49.4 Å². The van der Waals surface area contributed by atoms with E-state index >= 15 is 0 Å². The molecule has 0 saturated carbocycles. The van der Waals surface area contributed by atoms with Crippen molar-refractivity contribution in [2.24, 2.45) is 0 Å². The van der Waals surface area contributed by atoms with E-state index in [0.717, 1.165) is 5.56 Å². The minimum atomic E-state index is -0.758. The van der Waals surface area contributed by atoms with Crippen molar-refractivity contribution in [3.8, 4) is 5.75 Å². The molecule has 0 radical (unpaired) electrons. The SMILES string of the molecule is CCC(=O)Oc1c(NC(=O)OCc2ccccc2)cccc1B1OC(C)(C)C(C)(C)O1. The standard InChI is InChI=1S/C23H28BNO6/c1-6-19(26)29-20-17(24-30-22(2,3)23(4,5)31-24)13-10-14-18(20)25-21(27)28-15-16-11-8-7-9-12-16/h7-14H,6,15H2,1-5H3,(H,25,27). The van der Waals surface area contributed by atoms with Crippen molar-refractivity contribution >= 4 is 30.3 Å². The molecular formula is C23H28BNO6. The van der Waals surface area contributed by atoms with Crippen LogP contribution >= 0.6 is 0 Å². The van der Waals surface area contributed by atoms with Crippen LogP contribution in [0, 0.1) is 0 Å². The van der Waals surface area contributed by atoms with E-state index < -0.39 is 30.4 Å². The van der Waals surface area contributed by atoms with E-state index in [4.69, 9.17) is 18.8 Å². The maximum absolute atomic E-state index is 12.4. The molecule has 1 fully saturated rings. The largest absolute Gasteiger partial charge is 0.498 e. The summed E-state index contributed by atoms with van der Waals surface area (Å²) in [5, 5.41) is 2.67. The summed E-state index contributed by atoms with van der Waals surface area (Å²) in [6, 6.07) is 14.5. The van der Waals surface area contributed by atoms with Crippen LogP contribution in [0.15, 0.2) is 48.5 Å². The number of carbonyl (C=O) groups excluding carboxylic acids is 2. The molecule has 0 spiro atoms. The Kier molecular flexibility index (Phi) is 6.72. The highest BCUT2D eigenvalue weighted by Crippen LogP contribution is 2.38. The summed E-state index contributed by atoms with van der Waals surface area (Å²) < 4.78 is 23.1. The molecule has 1 N–H and O–H groups in total. The smallest absolute Gasteiger partial charge is 0.444 e. The molecule has 0 aliphatic carbocycles. The Morgan fingerprint density at radius 1 is 0.968 bits per heavy atom. The summed E-state index contributed by atoms with van der Waals surface area (Å²) in [4.78, 5) is 24.5. The fraction of sp³-hybridized carbons (Fsp3) is 0.391. The van der Waals surface area contributed by atoms with Crippen molar-refractivity contribution in [2.75, 3.05) is 5.32 Å². The monoisotopic (exact) mass is 425 g/mol. The summed E-state index contributed by atoms with van der Waals surface area (Å²) in [7, 11) is -0.758. The Bertz CT molecular complexity index is 928. The van der Waals surface area contributed by atoms with Crippen LogP contribution in [0.2, 0.25) is 0 Å². The highest BCUT2D eigenvalue weighted by Gasteiger charge is 2.52. The van der Waals surface area contributed by atoms with Gasteiger partial charge < -0.3 is 18.8 Å². The Hall–Kier alpha value is -2.84. The second-order valence-electron chi connectivity index (χ2n) is 8.33. The third-order valence-corrected chi connectivity index (χ3v) is 5.51. The average Bonchev–Trinajstić information content (AvgIpc) is 2.95. The number of rotatable bonds is 6. The van der Waals surface area contributed by atoms with Gasteiger partial charge in [0, 0.05) is 11.9 Å². The molecule has 1 heterocycles. The van der Waals surface area contributed by atoms with Crippen LogP contribution in [0.3, 0.4) is 0 Å². The van der Waals surface area contributed by atoms with Gasteiger partial charge in [0.1, 0.15) is 6.61 Å². The van der Waals surface area contributed by atoms with Crippen LogP contribution in [0.5, 0.6) is 5.75 Å². The zero-order valence-electron chi connectivity index (χ0n) is 18.6. The average molecular weight is 425 g/mol. The first-order valence-electron chi connectivity index (χ1n) is 10.3. The quantitative estimate of drug-likeness (QED) is 0.427. The predicted molar refractivity (Wildman–Crippen MR) is 118 cm³/mol. The molecule has 0 unspecified atom stereocenters. The Balaban J connectivity index is 1.83. The molecule has 1 aliphatic heterocycles. The lowest BCUT2D eigenvalue weighted by molar-refractivity contribution is -0.133. The minimum absolute atomic E-state index is 0.119. The lowest BCUT2D eigenvalue weighted by atomic mass is 9.78. The summed E-state index contributed by atoms with van der Waals surface area (Å²) in [6.07, 6.45) is -0.487. The van der Waals surface area contributed by atoms with E-state index in [1.807, 2.05) is 58.0 Å². The van der Waals surface area contributed by atoms with Crippen molar-refractivity contribution in [1.82, 2.24) is 0 Å². The first-order chi connectivity index (χ1) is 14.6. The van der Waals surface area contributed by atoms with Crippen molar-refractivity contribution in [3.63, 3.8) is 0 Å². The minimum Gasteiger partial charge on any atom is -0.444 e. The van der Waals surface area contributed by atoms with Gasteiger partial charge in [-0.15, -0.1) is 0 Å². The molecule has 0 bridgehead atoms. The maximum atomic E-state index is 12.4. The summed E-state index contributed by atoms with van der Waals surface area (Å²) in [6.45, 7) is 9.57. The summed E-state index contributed by atoms with van der Waals surface area (Å²) >= 11 is 0. The van der Waals surface area contributed by atoms with Gasteiger partial charge in [0.15, 0.2) is 5.75 Å². The van der Waals surface area contributed by atoms with E-state index in [-0.39, 0.29) is 18.8 Å². The second-order valence-corrected chi connectivity index (χ2v) is 8.33. The van der Waals surface area contributed by atoms with Crippen LogP contribution in [-0.4, -0.2) is 30.4 Å². The van der Waals surface area contributed by atoms with Gasteiger partial charge in [-0.25, -0.2) is 4.79 Å². The number of nitrogens with one attached hydrogen (secondary N) is 1. The molecule has 7 nitrogen and oxygen atoms in total. The van der Waals surface area contributed by atoms with Crippen LogP contribution < -0.4 is 15.5 Å². The number of esters is 1. The van der Waals surface area contributed by atoms with Gasteiger partial charge >= 0.3 is 19.2 Å². The van der Waals surface area contributed by atoms with E-state index in [1.165, 1.54) is 0 Å². The predicted octanol–water partition coefficient (Wildman–Crippen LogP) is 4.05. The number of carbonyl (C=O) groups is 2. The van der Waals surface area contributed by atoms with Gasteiger partial charge in [0.25, 0.3) is 0 Å². The Labute approximate surface area is 183 Å². The van der Waals surface area contributed by atoms with Gasteiger partial charge in [-0.2, -0.15) is 0 Å². The van der Waals surface area contributed by atoms with Gasteiger partial charge in [0.2, 0.25) is 0 Å². The van der Waals surface area contributed by atoms with E-state index in [1.54, 1.807) is 25.1 Å². The molecule has 164 valence electrons. The molecule has 2 aromatic rings. The van der Waals surface area contributed by atoms with Crippen molar-refractivity contribution < 1.29 is 28.4 Å². The number of ether oxygens (including phenoxy) is 2. The van der Waals surface area contributed by atoms with Gasteiger partial charge in [-0.05, 0) is 39.3 Å². The number of anilines is 1. The lowest BCUT2D eigenvalue weighted by Crippen LogP contribution is -2.41. The molecule has 0 atom stereocenters. The molecule has 31 heavy (non-hydrogen) atoms. The number of para-hydroxylation sites is 1. The van der Waals surface area contributed by atoms with E-state index in [9.17, 15) is 9.59 Å². The normalized spacial score (nSPS) is 16.6. The van der Waals surface area contributed by atoms with E-state index in [0.29, 0.717) is 11.2 Å². The van der Waals surface area contributed by atoms with Crippen LogP contribution in [-0.2, 0) is 25.4 Å². The Morgan fingerprint density at radius 2 is 1.61 bits per heavy atom. The summed E-state index contributed by atoms with van der Waals surface area (Å²) in [5.74, 6) is -0.255. The molecule has 1 aliphatic rings. The third kappa shape index (κ3) is 5.26. The Morgan fingerprint density at radius 3 is 2.23 bits per heavy atom. The molecular weight excluding hydrogens is 397 g/mol. The highest BCUT2D eigenvalue weighted by molar-refractivity contribution is 6.63. The topological polar surface area (TPSA) is 83.1 Å².